The lowest BCUT2D eigenvalue weighted by Crippen LogP contribution is -2.43. The molecule has 1 atom stereocenters. The molecule has 0 bridgehead atoms. The van der Waals surface area contributed by atoms with E-state index in [4.69, 9.17) is 4.74 Å². The Balaban J connectivity index is 2.31. The zero-order chi connectivity index (χ0) is 13.0. The molecule has 0 amide bonds. The molecule has 1 aliphatic carbocycles. The molecule has 1 unspecified atom stereocenters. The summed E-state index contributed by atoms with van der Waals surface area (Å²) in [4.78, 5) is 4.32. The molecule has 1 aromatic rings. The average molecular weight is 248 g/mol. The molecule has 1 N–H and O–H groups in total. The Bertz CT molecular complexity index is 386. The van der Waals surface area contributed by atoms with Gasteiger partial charge in [-0.1, -0.05) is 18.9 Å². The first kappa shape index (κ1) is 13.5. The number of nitrogens with zero attached hydrogens (tertiary/aromatic N) is 1. The van der Waals surface area contributed by atoms with Crippen LogP contribution in [0.5, 0.6) is 0 Å². The minimum Gasteiger partial charge on any atom is -0.373 e. The van der Waals surface area contributed by atoms with Crippen LogP contribution in [-0.2, 0) is 4.74 Å². The van der Waals surface area contributed by atoms with Gasteiger partial charge in [-0.05, 0) is 44.9 Å². The largest absolute Gasteiger partial charge is 0.373 e. The van der Waals surface area contributed by atoms with Crippen molar-refractivity contribution in [1.82, 2.24) is 10.3 Å². The molecular formula is C15H24N2O. The standard InChI is InChI=1S/C15H24N2O/c1-4-18-15(7-5-6-8-15)14(16-3)13-9-12(2)10-17-11-13/h9-11,14,16H,4-8H2,1-3H3. The molecule has 100 valence electrons. The second-order valence-corrected chi connectivity index (χ2v) is 5.22. The number of hydrogen-bond donors (Lipinski definition) is 1. The van der Waals surface area contributed by atoms with Crippen LogP contribution in [0.25, 0.3) is 0 Å². The number of pyridine rings is 1. The highest BCUT2D eigenvalue weighted by molar-refractivity contribution is 5.24. The summed E-state index contributed by atoms with van der Waals surface area (Å²) in [7, 11) is 2.02. The van der Waals surface area contributed by atoms with Crippen molar-refractivity contribution in [3.63, 3.8) is 0 Å². The fraction of sp³-hybridized carbons (Fsp3) is 0.667. The van der Waals surface area contributed by atoms with Crippen molar-refractivity contribution < 1.29 is 4.74 Å². The summed E-state index contributed by atoms with van der Waals surface area (Å²) in [5.41, 5.74) is 2.41. The third-order valence-corrected chi connectivity index (χ3v) is 3.93. The highest BCUT2D eigenvalue weighted by Gasteiger charge is 2.42. The van der Waals surface area contributed by atoms with Gasteiger partial charge in [-0.2, -0.15) is 0 Å². The molecule has 0 radical (unpaired) electrons. The smallest absolute Gasteiger partial charge is 0.0876 e. The quantitative estimate of drug-likeness (QED) is 0.869. The van der Waals surface area contributed by atoms with Gasteiger partial charge >= 0.3 is 0 Å². The van der Waals surface area contributed by atoms with E-state index in [0.717, 1.165) is 19.4 Å². The van der Waals surface area contributed by atoms with Crippen LogP contribution in [0.1, 0.15) is 49.8 Å². The number of rotatable bonds is 5. The van der Waals surface area contributed by atoms with Crippen molar-refractivity contribution in [3.8, 4) is 0 Å². The van der Waals surface area contributed by atoms with Crippen molar-refractivity contribution in [3.05, 3.63) is 29.6 Å². The van der Waals surface area contributed by atoms with Crippen LogP contribution >= 0.6 is 0 Å². The summed E-state index contributed by atoms with van der Waals surface area (Å²) in [6.45, 7) is 4.95. The van der Waals surface area contributed by atoms with Crippen molar-refractivity contribution in [2.75, 3.05) is 13.7 Å². The molecule has 1 saturated carbocycles. The van der Waals surface area contributed by atoms with Gasteiger partial charge in [-0.15, -0.1) is 0 Å². The molecule has 1 fully saturated rings. The maximum Gasteiger partial charge on any atom is 0.0876 e. The summed E-state index contributed by atoms with van der Waals surface area (Å²) in [6, 6.07) is 2.46. The van der Waals surface area contributed by atoms with E-state index in [2.05, 4.69) is 30.2 Å². The zero-order valence-corrected chi connectivity index (χ0v) is 11.7. The third kappa shape index (κ3) is 2.57. The van der Waals surface area contributed by atoms with E-state index in [1.165, 1.54) is 24.0 Å². The van der Waals surface area contributed by atoms with E-state index >= 15 is 0 Å². The first-order valence-corrected chi connectivity index (χ1v) is 6.94. The molecule has 18 heavy (non-hydrogen) atoms. The van der Waals surface area contributed by atoms with Crippen LogP contribution in [0, 0.1) is 6.92 Å². The van der Waals surface area contributed by atoms with E-state index < -0.39 is 0 Å². The molecule has 0 spiro atoms. The molecular weight excluding hydrogens is 224 g/mol. The molecule has 3 heteroatoms. The number of aryl methyl sites for hydroxylation is 1. The summed E-state index contributed by atoms with van der Waals surface area (Å²) >= 11 is 0. The second kappa shape index (κ2) is 5.81. The molecule has 3 nitrogen and oxygen atoms in total. The lowest BCUT2D eigenvalue weighted by Gasteiger charge is -2.37. The van der Waals surface area contributed by atoms with Crippen molar-refractivity contribution in [1.29, 1.82) is 0 Å². The Hall–Kier alpha value is -0.930. The van der Waals surface area contributed by atoms with Gasteiger partial charge in [0.1, 0.15) is 0 Å². The van der Waals surface area contributed by atoms with Gasteiger partial charge in [0, 0.05) is 19.0 Å². The minimum atomic E-state index is -0.0427. The Morgan fingerprint density at radius 2 is 2.11 bits per heavy atom. The predicted molar refractivity (Wildman–Crippen MR) is 73.6 cm³/mol. The Morgan fingerprint density at radius 3 is 2.67 bits per heavy atom. The topological polar surface area (TPSA) is 34.1 Å². The number of likely N-dealkylation sites (N-methyl/N-ethyl adjacent to an activating group) is 1. The summed E-state index contributed by atoms with van der Waals surface area (Å²) in [5, 5.41) is 3.45. The summed E-state index contributed by atoms with van der Waals surface area (Å²) in [6.07, 6.45) is 8.67. The van der Waals surface area contributed by atoms with Crippen LogP contribution in [0.15, 0.2) is 18.5 Å². The SMILES string of the molecule is CCOC1(C(NC)c2cncc(C)c2)CCCC1. The highest BCUT2D eigenvalue weighted by Crippen LogP contribution is 2.42. The monoisotopic (exact) mass is 248 g/mol. The maximum absolute atomic E-state index is 6.15. The first-order valence-electron chi connectivity index (χ1n) is 6.94. The lowest BCUT2D eigenvalue weighted by molar-refractivity contribution is -0.0611. The fourth-order valence-electron chi connectivity index (χ4n) is 3.25. The molecule has 2 rings (SSSR count). The first-order chi connectivity index (χ1) is 8.72. The van der Waals surface area contributed by atoms with E-state index in [1.807, 2.05) is 19.4 Å². The van der Waals surface area contributed by atoms with Gasteiger partial charge in [0.25, 0.3) is 0 Å². The highest BCUT2D eigenvalue weighted by atomic mass is 16.5. The van der Waals surface area contributed by atoms with Gasteiger partial charge in [-0.25, -0.2) is 0 Å². The van der Waals surface area contributed by atoms with E-state index in [0.29, 0.717) is 0 Å². The average Bonchev–Trinajstić information content (AvgIpc) is 2.80. The van der Waals surface area contributed by atoms with E-state index in [1.54, 1.807) is 0 Å². The number of hydrogen-bond acceptors (Lipinski definition) is 3. The molecule has 0 aliphatic heterocycles. The van der Waals surface area contributed by atoms with Crippen LogP contribution in [0.2, 0.25) is 0 Å². The summed E-state index contributed by atoms with van der Waals surface area (Å²) < 4.78 is 6.15. The molecule has 1 aromatic heterocycles. The Labute approximate surface area is 110 Å². The molecule has 1 aliphatic rings. The van der Waals surface area contributed by atoms with E-state index in [-0.39, 0.29) is 11.6 Å². The van der Waals surface area contributed by atoms with Gasteiger partial charge in [0.15, 0.2) is 0 Å². The predicted octanol–water partition coefficient (Wildman–Crippen LogP) is 3.00. The van der Waals surface area contributed by atoms with Gasteiger partial charge in [-0.3, -0.25) is 4.98 Å². The molecule has 1 heterocycles. The van der Waals surface area contributed by atoms with Gasteiger partial charge in [0.2, 0.25) is 0 Å². The van der Waals surface area contributed by atoms with Crippen molar-refractivity contribution in [2.45, 2.75) is 51.2 Å². The van der Waals surface area contributed by atoms with E-state index in [9.17, 15) is 0 Å². The van der Waals surface area contributed by atoms with Crippen LogP contribution < -0.4 is 5.32 Å². The van der Waals surface area contributed by atoms with Gasteiger partial charge in [0.05, 0.1) is 11.6 Å². The van der Waals surface area contributed by atoms with Crippen LogP contribution in [-0.4, -0.2) is 24.2 Å². The molecule has 0 saturated heterocycles. The van der Waals surface area contributed by atoms with Crippen molar-refractivity contribution in [2.24, 2.45) is 0 Å². The third-order valence-electron chi connectivity index (χ3n) is 3.93. The van der Waals surface area contributed by atoms with Gasteiger partial charge < -0.3 is 10.1 Å². The van der Waals surface area contributed by atoms with Crippen molar-refractivity contribution >= 4 is 0 Å². The summed E-state index contributed by atoms with van der Waals surface area (Å²) in [5.74, 6) is 0. The number of ether oxygens (including phenoxy) is 1. The zero-order valence-electron chi connectivity index (χ0n) is 11.7. The fourth-order valence-corrected chi connectivity index (χ4v) is 3.25. The van der Waals surface area contributed by atoms with Crippen LogP contribution in [0.3, 0.4) is 0 Å². The Morgan fingerprint density at radius 1 is 1.39 bits per heavy atom. The Kier molecular flexibility index (Phi) is 4.36. The van der Waals surface area contributed by atoms with Crippen LogP contribution in [0.4, 0.5) is 0 Å². The normalized spacial score (nSPS) is 19.9. The number of nitrogens with one attached hydrogen (secondary N) is 1. The number of aromatic nitrogens is 1. The second-order valence-electron chi connectivity index (χ2n) is 5.22. The molecule has 0 aromatic carbocycles. The minimum absolute atomic E-state index is 0.0427. The lowest BCUT2D eigenvalue weighted by atomic mass is 9.87. The maximum atomic E-state index is 6.15.